The zero-order valence-corrected chi connectivity index (χ0v) is 19.7. The van der Waals surface area contributed by atoms with E-state index in [0.717, 1.165) is 47.3 Å². The Labute approximate surface area is 198 Å². The normalized spacial score (nSPS) is 17.6. The van der Waals surface area contributed by atoms with Crippen LogP contribution < -0.4 is 10.1 Å². The number of aromatic nitrogens is 3. The fourth-order valence-corrected chi connectivity index (χ4v) is 4.27. The summed E-state index contributed by atoms with van der Waals surface area (Å²) in [6.45, 7) is 6.85. The molecule has 5 rings (SSSR count). The van der Waals surface area contributed by atoms with Gasteiger partial charge in [0.25, 0.3) is 5.91 Å². The van der Waals surface area contributed by atoms with Crippen LogP contribution in [0.5, 0.6) is 5.75 Å². The third kappa shape index (κ3) is 4.66. The van der Waals surface area contributed by atoms with E-state index < -0.39 is 0 Å². The lowest BCUT2D eigenvalue weighted by Gasteiger charge is -2.16. The molecule has 1 saturated heterocycles. The minimum Gasteiger partial charge on any atom is -0.487 e. The molecule has 0 radical (unpaired) electrons. The molecule has 1 aliphatic carbocycles. The molecular formula is C26H29N5O3. The number of benzene rings is 1. The Balaban J connectivity index is 1.37. The number of amides is 2. The van der Waals surface area contributed by atoms with Gasteiger partial charge in [-0.05, 0) is 49.9 Å². The number of hydrogen-bond donors (Lipinski definition) is 1. The van der Waals surface area contributed by atoms with Gasteiger partial charge in [0, 0.05) is 49.3 Å². The zero-order valence-electron chi connectivity index (χ0n) is 19.7. The molecule has 1 atom stereocenters. The summed E-state index contributed by atoms with van der Waals surface area (Å²) in [7, 11) is 0. The Hall–Kier alpha value is -3.68. The van der Waals surface area contributed by atoms with Crippen molar-refractivity contribution < 1.29 is 14.3 Å². The molecule has 176 valence electrons. The smallest absolute Gasteiger partial charge is 0.251 e. The molecule has 0 bridgehead atoms. The molecule has 1 aromatic carbocycles. The van der Waals surface area contributed by atoms with Gasteiger partial charge in [-0.2, -0.15) is 5.10 Å². The predicted molar refractivity (Wildman–Crippen MR) is 128 cm³/mol. The lowest BCUT2D eigenvalue weighted by molar-refractivity contribution is -0.128. The molecule has 3 aromatic rings. The quantitative estimate of drug-likeness (QED) is 0.610. The van der Waals surface area contributed by atoms with Crippen LogP contribution in [0.1, 0.15) is 47.8 Å². The Kier molecular flexibility index (Phi) is 5.81. The Bertz CT molecular complexity index is 1250. The first kappa shape index (κ1) is 22.1. The summed E-state index contributed by atoms with van der Waals surface area (Å²) in [6.07, 6.45) is 8.35. The van der Waals surface area contributed by atoms with Crippen molar-refractivity contribution in [2.75, 3.05) is 13.1 Å². The molecule has 3 heterocycles. The second-order valence-electron chi connectivity index (χ2n) is 9.22. The molecule has 2 amide bonds. The van der Waals surface area contributed by atoms with Gasteiger partial charge in [0.1, 0.15) is 11.9 Å². The van der Waals surface area contributed by atoms with Gasteiger partial charge < -0.3 is 15.0 Å². The lowest BCUT2D eigenvalue weighted by atomic mass is 10.0. The van der Waals surface area contributed by atoms with Crippen molar-refractivity contribution >= 4 is 11.8 Å². The summed E-state index contributed by atoms with van der Waals surface area (Å²) in [4.78, 5) is 30.4. The number of aryl methyl sites for hydroxylation is 2. The second-order valence-corrected chi connectivity index (χ2v) is 9.22. The number of carbonyl (C=O) groups excluding carboxylic acids is 2. The highest BCUT2D eigenvalue weighted by Crippen LogP contribution is 2.28. The summed E-state index contributed by atoms with van der Waals surface area (Å²) in [5.41, 5.74) is 5.29. The molecule has 2 aliphatic rings. The molecule has 2 aromatic heterocycles. The fraction of sp³-hybridized carbons (Fsp3) is 0.385. The van der Waals surface area contributed by atoms with Crippen LogP contribution in [0.3, 0.4) is 0 Å². The second kappa shape index (κ2) is 8.93. The molecule has 1 saturated carbocycles. The van der Waals surface area contributed by atoms with Gasteiger partial charge in [0.05, 0.1) is 30.3 Å². The first-order valence-corrected chi connectivity index (χ1v) is 11.7. The number of likely N-dealkylation sites (tertiary alicyclic amines) is 1. The summed E-state index contributed by atoms with van der Waals surface area (Å²) in [6, 6.07) is 8.02. The number of nitrogens with one attached hydrogen (secondary N) is 1. The zero-order chi connectivity index (χ0) is 23.8. The summed E-state index contributed by atoms with van der Waals surface area (Å²) < 4.78 is 7.91. The van der Waals surface area contributed by atoms with Crippen LogP contribution in [0.2, 0.25) is 0 Å². The van der Waals surface area contributed by atoms with E-state index in [1.807, 2.05) is 44.3 Å². The van der Waals surface area contributed by atoms with Gasteiger partial charge in [0.2, 0.25) is 5.91 Å². The van der Waals surface area contributed by atoms with Gasteiger partial charge in [0.15, 0.2) is 0 Å². The van der Waals surface area contributed by atoms with Crippen molar-refractivity contribution in [2.24, 2.45) is 0 Å². The average molecular weight is 460 g/mol. The molecule has 1 aliphatic heterocycles. The third-order valence-electron chi connectivity index (χ3n) is 6.48. The highest BCUT2D eigenvalue weighted by molar-refractivity contribution is 5.96. The maximum atomic E-state index is 12.5. The van der Waals surface area contributed by atoms with Crippen molar-refractivity contribution in [3.05, 3.63) is 59.7 Å². The Morgan fingerprint density at radius 1 is 1.12 bits per heavy atom. The van der Waals surface area contributed by atoms with Crippen molar-refractivity contribution in [1.29, 1.82) is 0 Å². The van der Waals surface area contributed by atoms with E-state index in [0.29, 0.717) is 30.4 Å². The average Bonchev–Trinajstić information content (AvgIpc) is 3.29. The van der Waals surface area contributed by atoms with Crippen LogP contribution in [0.4, 0.5) is 0 Å². The van der Waals surface area contributed by atoms with Gasteiger partial charge >= 0.3 is 0 Å². The van der Waals surface area contributed by atoms with Crippen LogP contribution >= 0.6 is 0 Å². The van der Waals surface area contributed by atoms with Gasteiger partial charge in [-0.3, -0.25) is 14.6 Å². The lowest BCUT2D eigenvalue weighted by Crippen LogP contribution is -2.28. The van der Waals surface area contributed by atoms with Crippen LogP contribution in [0, 0.1) is 13.8 Å². The number of rotatable bonds is 6. The van der Waals surface area contributed by atoms with Crippen molar-refractivity contribution in [3.8, 4) is 22.6 Å². The Morgan fingerprint density at radius 2 is 1.94 bits per heavy atom. The minimum absolute atomic E-state index is 0.0312. The van der Waals surface area contributed by atoms with E-state index in [1.54, 1.807) is 28.9 Å². The molecule has 0 spiro atoms. The third-order valence-corrected chi connectivity index (χ3v) is 6.48. The number of carbonyl (C=O) groups is 2. The van der Waals surface area contributed by atoms with E-state index in [9.17, 15) is 9.59 Å². The monoisotopic (exact) mass is 459 g/mol. The first-order chi connectivity index (χ1) is 16.4. The fourth-order valence-electron chi connectivity index (χ4n) is 4.27. The first-order valence-electron chi connectivity index (χ1n) is 11.7. The number of hydrogen-bond acceptors (Lipinski definition) is 5. The Morgan fingerprint density at radius 3 is 2.68 bits per heavy atom. The van der Waals surface area contributed by atoms with Gasteiger partial charge in [-0.15, -0.1) is 0 Å². The highest BCUT2D eigenvalue weighted by atomic mass is 16.5. The van der Waals surface area contributed by atoms with Gasteiger partial charge in [-0.1, -0.05) is 6.07 Å². The van der Waals surface area contributed by atoms with Gasteiger partial charge in [-0.25, -0.2) is 4.68 Å². The summed E-state index contributed by atoms with van der Waals surface area (Å²) in [5.74, 6) is 0.696. The number of nitrogens with zero attached hydrogens (tertiary/aromatic N) is 4. The van der Waals surface area contributed by atoms with E-state index >= 15 is 0 Å². The summed E-state index contributed by atoms with van der Waals surface area (Å²) in [5, 5.41) is 7.62. The molecule has 8 nitrogen and oxygen atoms in total. The van der Waals surface area contributed by atoms with Crippen molar-refractivity contribution in [2.45, 2.75) is 52.2 Å². The van der Waals surface area contributed by atoms with Crippen LogP contribution in [-0.2, 0) is 4.79 Å². The standard InChI is InChI=1S/C26H29N5O3/c1-16-4-5-19(26(33)29-21-6-7-21)10-24(16)20-12-28-31(14-20)25-11-23(13-27-17(25)2)34-22-8-9-30(15-22)18(3)32/h4-5,10-14,21-22H,6-9,15H2,1-3H3,(H,29,33). The SMILES string of the molecule is CC(=O)N1CCC(Oc2cnc(C)c(-n3cc(-c4cc(C(=O)NC5CC5)ccc4C)cn3)c2)C1. The van der Waals surface area contributed by atoms with Crippen LogP contribution in [0.25, 0.3) is 16.8 Å². The molecule has 34 heavy (non-hydrogen) atoms. The van der Waals surface area contributed by atoms with Crippen LogP contribution in [0.15, 0.2) is 42.9 Å². The van der Waals surface area contributed by atoms with Crippen molar-refractivity contribution in [3.63, 3.8) is 0 Å². The predicted octanol–water partition coefficient (Wildman–Crippen LogP) is 3.44. The highest BCUT2D eigenvalue weighted by Gasteiger charge is 2.26. The number of ether oxygens (including phenoxy) is 1. The van der Waals surface area contributed by atoms with Crippen LogP contribution in [-0.4, -0.2) is 56.7 Å². The topological polar surface area (TPSA) is 89.4 Å². The molecular weight excluding hydrogens is 430 g/mol. The molecule has 1 unspecified atom stereocenters. The van der Waals surface area contributed by atoms with E-state index in [2.05, 4.69) is 15.4 Å². The molecule has 2 fully saturated rings. The number of pyridine rings is 1. The van der Waals surface area contributed by atoms with Crippen molar-refractivity contribution in [1.82, 2.24) is 25.0 Å². The summed E-state index contributed by atoms with van der Waals surface area (Å²) >= 11 is 0. The molecule has 8 heteroatoms. The van der Waals surface area contributed by atoms with E-state index in [4.69, 9.17) is 4.74 Å². The largest absolute Gasteiger partial charge is 0.487 e. The maximum Gasteiger partial charge on any atom is 0.251 e. The maximum absolute atomic E-state index is 12.5. The minimum atomic E-state index is -0.0402. The molecule has 1 N–H and O–H groups in total. The van der Waals surface area contributed by atoms with E-state index in [-0.39, 0.29) is 17.9 Å². The van der Waals surface area contributed by atoms with E-state index in [1.165, 1.54) is 0 Å².